The molecule has 0 aromatic rings. The summed E-state index contributed by atoms with van der Waals surface area (Å²) in [4.78, 5) is 29.5. The van der Waals surface area contributed by atoms with Gasteiger partial charge in [0.1, 0.15) is 0 Å². The van der Waals surface area contributed by atoms with Gasteiger partial charge in [0.2, 0.25) is 5.52 Å². The first-order chi connectivity index (χ1) is 5.29. The summed E-state index contributed by atoms with van der Waals surface area (Å²) in [5, 5.41) is 0. The highest BCUT2D eigenvalue weighted by Gasteiger charge is 1.95. The molecule has 13 heavy (non-hydrogen) atoms. The van der Waals surface area contributed by atoms with E-state index < -0.39 is 11.3 Å². The van der Waals surface area contributed by atoms with Gasteiger partial charge in [-0.05, 0) is 6.92 Å². The van der Waals surface area contributed by atoms with Crippen LogP contribution in [0.5, 0.6) is 0 Å². The molecule has 0 fully saturated rings. The third-order valence-corrected chi connectivity index (χ3v) is 1.73. The first-order valence-corrected chi connectivity index (χ1v) is 4.29. The number of hydrogen-bond donors (Lipinski definition) is 1. The maximum atomic E-state index is 9.98. The van der Waals surface area contributed by atoms with E-state index in [0.29, 0.717) is 0 Å². The van der Waals surface area contributed by atoms with Crippen molar-refractivity contribution in [2.24, 2.45) is 5.73 Å². The summed E-state index contributed by atoms with van der Waals surface area (Å²) in [5.41, 5.74) is 4.56. The quantitative estimate of drug-likeness (QED) is 0.543. The monoisotopic (exact) mass is 225 g/mol. The van der Waals surface area contributed by atoms with Crippen molar-refractivity contribution in [3.63, 3.8) is 0 Å². The molecule has 0 amide bonds. The van der Waals surface area contributed by atoms with E-state index >= 15 is 0 Å². The van der Waals surface area contributed by atoms with Gasteiger partial charge in [0.05, 0.1) is 6.04 Å². The number of carbonyl (C=O) groups excluding carboxylic acids is 3. The van der Waals surface area contributed by atoms with Gasteiger partial charge in [0.15, 0.2) is 11.3 Å². The lowest BCUT2D eigenvalue weighted by molar-refractivity contribution is -0.130. The van der Waals surface area contributed by atoms with Crippen molar-refractivity contribution < 1.29 is 14.4 Å². The van der Waals surface area contributed by atoms with E-state index in [4.69, 9.17) is 5.73 Å². The van der Waals surface area contributed by atoms with E-state index in [1.54, 1.807) is 16.2 Å². The number of ketones is 1. The molecule has 0 radical (unpaired) electrons. The third-order valence-electron chi connectivity index (χ3n) is 0.796. The molecule has 4 nitrogen and oxygen atoms in total. The summed E-state index contributed by atoms with van der Waals surface area (Å²) in [6.07, 6.45) is 0. The zero-order valence-corrected chi connectivity index (χ0v) is 9.34. The maximum Gasteiger partial charge on any atom is 0.213 e. The highest BCUT2D eigenvalue weighted by molar-refractivity contribution is 7.44. The second kappa shape index (κ2) is 9.91. The van der Waals surface area contributed by atoms with Gasteiger partial charge in [-0.25, -0.2) is 0 Å². The summed E-state index contributed by atoms with van der Waals surface area (Å²) in [5.74, 6) is -0.417. The fourth-order valence-corrected chi connectivity index (χ4v) is 0. The van der Waals surface area contributed by atoms with Crippen molar-refractivity contribution in [1.82, 2.24) is 0 Å². The summed E-state index contributed by atoms with van der Waals surface area (Å²) < 4.78 is 0. The Morgan fingerprint density at radius 1 is 1.23 bits per heavy atom. The molecule has 0 saturated carbocycles. The summed E-state index contributed by atoms with van der Waals surface area (Å²) in [6, 6.07) is -0.324. The van der Waals surface area contributed by atoms with E-state index in [2.05, 4.69) is 0 Å². The fraction of sp³-hybridized carbons (Fsp3) is 0.571. The fourth-order valence-electron chi connectivity index (χ4n) is 0. The van der Waals surface area contributed by atoms with Gasteiger partial charge in [-0.15, -0.1) is 0 Å². The molecule has 3 unspecified atom stereocenters. The van der Waals surface area contributed by atoms with Crippen LogP contribution >= 0.6 is 18.5 Å². The van der Waals surface area contributed by atoms with Crippen LogP contribution in [0.15, 0.2) is 0 Å². The number of carbonyl (C=O) groups is 3. The minimum atomic E-state index is -0.463. The zero-order valence-electron chi connectivity index (χ0n) is 7.03. The molecular formula is C7H17NO3P2. The van der Waals surface area contributed by atoms with Crippen LogP contribution in [-0.2, 0) is 14.4 Å². The minimum absolute atomic E-state index is 0. The van der Waals surface area contributed by atoms with Crippen molar-refractivity contribution in [3.8, 4) is 0 Å². The minimum Gasteiger partial charge on any atom is -0.321 e. The summed E-state index contributed by atoms with van der Waals surface area (Å²) in [7, 11) is 3.79. The molecule has 2 N–H and O–H groups in total. The molecule has 0 aromatic heterocycles. The van der Waals surface area contributed by atoms with Crippen LogP contribution in [0.2, 0.25) is 0 Å². The Kier molecular flexibility index (Phi) is 14.2. The molecule has 0 heterocycles. The van der Waals surface area contributed by atoms with Crippen LogP contribution in [-0.4, -0.2) is 22.9 Å². The van der Waals surface area contributed by atoms with Gasteiger partial charge in [-0.2, -0.15) is 0 Å². The first-order valence-electron chi connectivity index (χ1n) is 3.14. The zero-order chi connectivity index (χ0) is 10.3. The largest absolute Gasteiger partial charge is 0.321 e. The maximum absolute atomic E-state index is 9.98. The lowest BCUT2D eigenvalue weighted by atomic mass is 10.4. The van der Waals surface area contributed by atoms with Gasteiger partial charge in [-0.3, -0.25) is 14.4 Å². The average molecular weight is 225 g/mol. The molecule has 0 aliphatic heterocycles. The predicted molar refractivity (Wildman–Crippen MR) is 60.5 cm³/mol. The van der Waals surface area contributed by atoms with Crippen molar-refractivity contribution in [2.75, 3.05) is 0 Å². The molecule has 78 valence electrons. The van der Waals surface area contributed by atoms with Gasteiger partial charge in [0.25, 0.3) is 0 Å². The normalized spacial score (nSPS) is 9.92. The molecule has 0 spiro atoms. The topological polar surface area (TPSA) is 77.2 Å². The molecule has 0 aliphatic carbocycles. The van der Waals surface area contributed by atoms with Crippen molar-refractivity contribution in [3.05, 3.63) is 0 Å². The molecule has 0 bridgehead atoms. The SMILES string of the molecule is C.CC(=O)C(=O)P.CC(N)C(=O)P. The highest BCUT2D eigenvalue weighted by atomic mass is 31.0. The Labute approximate surface area is 83.4 Å². The number of hydrogen-bond acceptors (Lipinski definition) is 4. The Morgan fingerprint density at radius 2 is 1.38 bits per heavy atom. The van der Waals surface area contributed by atoms with Crippen LogP contribution in [0.25, 0.3) is 0 Å². The average Bonchev–Trinajstić information content (AvgIpc) is 1.88. The lowest BCUT2D eigenvalue weighted by Crippen LogP contribution is -2.21. The van der Waals surface area contributed by atoms with Crippen LogP contribution < -0.4 is 5.73 Å². The van der Waals surface area contributed by atoms with Crippen LogP contribution in [0.1, 0.15) is 21.3 Å². The standard InChI is InChI=1S/C3H8NOP.C3H5O2P.CH4/c2*1-2(4)3(5)6;/h2H,4,6H2,1H3;6H2,1H3;1H4. The second-order valence-electron chi connectivity index (χ2n) is 2.11. The molecule has 0 rings (SSSR count). The Bertz CT molecular complexity index is 180. The van der Waals surface area contributed by atoms with E-state index in [0.717, 1.165) is 0 Å². The molecule has 3 atom stereocenters. The highest BCUT2D eigenvalue weighted by Crippen LogP contribution is 1.86. The Morgan fingerprint density at radius 3 is 1.38 bits per heavy atom. The van der Waals surface area contributed by atoms with Gasteiger partial charge in [0, 0.05) is 6.92 Å². The Balaban J connectivity index is -0.000000143. The molecule has 0 aliphatic rings. The molecule has 6 heteroatoms. The third kappa shape index (κ3) is 18.6. The van der Waals surface area contributed by atoms with Gasteiger partial charge < -0.3 is 5.73 Å². The molecular weight excluding hydrogens is 208 g/mol. The van der Waals surface area contributed by atoms with Gasteiger partial charge in [-0.1, -0.05) is 25.9 Å². The number of Topliss-reactive ketones (excluding diaryl/α,β-unsaturated/α-hetero) is 1. The van der Waals surface area contributed by atoms with Crippen LogP contribution in [0, 0.1) is 0 Å². The summed E-state index contributed by atoms with van der Waals surface area (Å²) in [6.45, 7) is 2.88. The van der Waals surface area contributed by atoms with E-state index in [1.807, 2.05) is 9.24 Å². The number of nitrogens with two attached hydrogens (primary N) is 1. The smallest absolute Gasteiger partial charge is 0.213 e. The van der Waals surface area contributed by atoms with Gasteiger partial charge >= 0.3 is 0 Å². The first kappa shape index (κ1) is 18.6. The van der Waals surface area contributed by atoms with Crippen molar-refractivity contribution >= 4 is 35.3 Å². The molecule has 0 aromatic carbocycles. The van der Waals surface area contributed by atoms with Crippen LogP contribution in [0.4, 0.5) is 0 Å². The number of rotatable bonds is 2. The molecule has 0 saturated heterocycles. The van der Waals surface area contributed by atoms with Crippen LogP contribution in [0.3, 0.4) is 0 Å². The van der Waals surface area contributed by atoms with E-state index in [1.165, 1.54) is 6.92 Å². The van der Waals surface area contributed by atoms with E-state index in [-0.39, 0.29) is 19.0 Å². The van der Waals surface area contributed by atoms with Crippen molar-refractivity contribution in [2.45, 2.75) is 27.3 Å². The lowest BCUT2D eigenvalue weighted by Gasteiger charge is -1.91. The summed E-state index contributed by atoms with van der Waals surface area (Å²) >= 11 is 0. The predicted octanol–water partition coefficient (Wildman–Crippen LogP) is 0.348. The van der Waals surface area contributed by atoms with Crippen molar-refractivity contribution in [1.29, 1.82) is 0 Å². The second-order valence-corrected chi connectivity index (χ2v) is 3.20. The van der Waals surface area contributed by atoms with E-state index in [9.17, 15) is 14.4 Å². The Hall–Kier alpha value is -0.170.